The first kappa shape index (κ1) is 50.8. The van der Waals surface area contributed by atoms with Gasteiger partial charge in [0.2, 0.25) is 11.9 Å². The second kappa shape index (κ2) is 25.5. The summed E-state index contributed by atoms with van der Waals surface area (Å²) in [5.74, 6) is -1.65. The van der Waals surface area contributed by atoms with E-state index in [0.29, 0.717) is 53.3 Å². The van der Waals surface area contributed by atoms with Gasteiger partial charge in [-0.3, -0.25) is 19.4 Å². The minimum atomic E-state index is -1.15. The molecule has 0 spiro atoms. The molecular weight excluding hydrogens is 853 g/mol. The van der Waals surface area contributed by atoms with Crippen molar-refractivity contribution < 1.29 is 43.7 Å². The van der Waals surface area contributed by atoms with E-state index in [9.17, 15) is 34.2 Å². The van der Waals surface area contributed by atoms with E-state index >= 15 is 0 Å². The lowest BCUT2D eigenvalue weighted by molar-refractivity contribution is -0.143. The number of rotatable bonds is 20. The highest BCUT2D eigenvalue weighted by atomic mass is 16.5. The minimum Gasteiger partial charge on any atom is -0.508 e. The molecule has 3 aromatic heterocycles. The number of amides is 3. The van der Waals surface area contributed by atoms with Crippen LogP contribution in [0.4, 0.5) is 11.9 Å². The van der Waals surface area contributed by atoms with Gasteiger partial charge in [-0.05, 0) is 88.8 Å². The van der Waals surface area contributed by atoms with Gasteiger partial charge in [0.1, 0.15) is 29.3 Å². The molecule has 9 N–H and O–H groups in total. The number of phenols is 2. The van der Waals surface area contributed by atoms with E-state index in [1.807, 2.05) is 18.2 Å². The molecule has 21 heteroatoms. The van der Waals surface area contributed by atoms with Crippen molar-refractivity contribution in [3.63, 3.8) is 0 Å². The number of aryl methyl sites for hydroxylation is 6. The Morgan fingerprint density at radius 1 is 0.652 bits per heavy atom. The Bertz CT molecular complexity index is 2410. The van der Waals surface area contributed by atoms with Crippen molar-refractivity contribution >= 4 is 41.6 Å². The molecule has 2 atom stereocenters. The van der Waals surface area contributed by atoms with Crippen molar-refractivity contribution in [2.75, 3.05) is 51.0 Å². The van der Waals surface area contributed by atoms with Gasteiger partial charge in [0.05, 0.1) is 54.3 Å². The van der Waals surface area contributed by atoms with Crippen LogP contribution in [0.1, 0.15) is 77.9 Å². The number of aromatic hydroxyl groups is 2. The molecule has 0 aliphatic heterocycles. The van der Waals surface area contributed by atoms with Gasteiger partial charge in [0, 0.05) is 38.6 Å². The Labute approximate surface area is 381 Å². The summed E-state index contributed by atoms with van der Waals surface area (Å²) in [6.07, 6.45) is 7.26. The maximum atomic E-state index is 13.0. The number of ether oxygens (including phenoxy) is 2. The standard InChI is InChI=1S/C25H29N7O5.C20H27N5O4/c1-15-21(16(2)31-25(30-15)28-9-5-7-17-6-4-8-18(33)12-17)23(35)32-20(24(36)37-3)14-29-22(34)19-13-26-10-11-27-19;1-12-17(18(27)25-16(11-21)19(28)29-3)13(2)24-20(23-12)22-9-5-7-14-6-4-8-15(26)10-14/h4,6,8,10-13,20,33H,5,7,9,14H2,1-3H3,(H,29,34)(H,32,35)(H,28,30,31);4,6,8,10,16,26H,5,7,9,11,21H2,1-3H3,(H,25,27)(H,22,23,24)/t20-;16-/m00/s1. The summed E-state index contributed by atoms with van der Waals surface area (Å²) in [6, 6.07) is 12.2. The number of nitrogens with zero attached hydrogens (tertiary/aromatic N) is 6. The SMILES string of the molecule is COC(=O)[C@H](CN)NC(=O)c1c(C)nc(NCCCc2cccc(O)c2)nc1C.COC(=O)[C@H](CNC(=O)c1cnccn1)NC(=O)c1c(C)nc(NCCCc2cccc(O)c2)nc1C. The number of methoxy groups -OCH3 is 2. The molecule has 21 nitrogen and oxygen atoms in total. The van der Waals surface area contributed by atoms with Gasteiger partial charge in [-0.1, -0.05) is 24.3 Å². The first-order valence-corrected chi connectivity index (χ1v) is 20.9. The lowest BCUT2D eigenvalue weighted by Gasteiger charge is -2.18. The smallest absolute Gasteiger partial charge is 0.330 e. The number of esters is 2. The van der Waals surface area contributed by atoms with Gasteiger partial charge >= 0.3 is 11.9 Å². The van der Waals surface area contributed by atoms with Crippen LogP contribution in [0.15, 0.2) is 67.1 Å². The second-order valence-electron chi connectivity index (χ2n) is 14.7. The molecule has 350 valence electrons. The van der Waals surface area contributed by atoms with E-state index in [4.69, 9.17) is 10.5 Å². The third-order valence-corrected chi connectivity index (χ3v) is 9.75. The van der Waals surface area contributed by atoms with E-state index in [1.54, 1.807) is 58.0 Å². The van der Waals surface area contributed by atoms with E-state index in [-0.39, 0.29) is 35.8 Å². The van der Waals surface area contributed by atoms with E-state index in [2.05, 4.69) is 61.2 Å². The third-order valence-electron chi connectivity index (χ3n) is 9.75. The van der Waals surface area contributed by atoms with Gasteiger partial charge in [-0.15, -0.1) is 0 Å². The summed E-state index contributed by atoms with van der Waals surface area (Å²) >= 11 is 0. The van der Waals surface area contributed by atoms with E-state index in [0.717, 1.165) is 36.8 Å². The number of nitrogens with one attached hydrogen (secondary N) is 5. The molecule has 0 saturated heterocycles. The number of hydrogen-bond donors (Lipinski definition) is 8. The fourth-order valence-electron chi connectivity index (χ4n) is 6.51. The fourth-order valence-corrected chi connectivity index (χ4v) is 6.51. The van der Waals surface area contributed by atoms with Crippen LogP contribution in [0.3, 0.4) is 0 Å². The minimum absolute atomic E-state index is 0.0718. The topological polar surface area (TPSA) is 308 Å². The molecule has 5 aromatic rings. The van der Waals surface area contributed by atoms with Crippen molar-refractivity contribution in [1.29, 1.82) is 0 Å². The van der Waals surface area contributed by atoms with Gasteiger partial charge in [-0.25, -0.2) is 34.5 Å². The van der Waals surface area contributed by atoms with E-state index in [1.165, 1.54) is 32.8 Å². The zero-order valence-corrected chi connectivity index (χ0v) is 37.7. The van der Waals surface area contributed by atoms with Crippen LogP contribution >= 0.6 is 0 Å². The van der Waals surface area contributed by atoms with E-state index < -0.39 is 41.7 Å². The summed E-state index contributed by atoms with van der Waals surface area (Å²) in [5.41, 5.74) is 10.0. The molecule has 0 radical (unpaired) electrons. The van der Waals surface area contributed by atoms with Crippen LogP contribution in [0, 0.1) is 27.7 Å². The molecule has 66 heavy (non-hydrogen) atoms. The molecular formula is C45H56N12O9. The number of benzene rings is 2. The summed E-state index contributed by atoms with van der Waals surface area (Å²) in [7, 11) is 2.42. The maximum absolute atomic E-state index is 13.0. The third kappa shape index (κ3) is 15.5. The number of phenolic OH excluding ortho intramolecular Hbond substituents is 2. The Morgan fingerprint density at radius 2 is 1.11 bits per heavy atom. The van der Waals surface area contributed by atoms with Gasteiger partial charge in [0.25, 0.3) is 17.7 Å². The molecule has 0 aliphatic carbocycles. The predicted octanol–water partition coefficient (Wildman–Crippen LogP) is 2.41. The monoisotopic (exact) mass is 908 g/mol. The normalized spacial score (nSPS) is 11.4. The van der Waals surface area contributed by atoms with Gasteiger partial charge in [0.15, 0.2) is 0 Å². The molecule has 0 unspecified atom stereocenters. The Balaban J connectivity index is 0.000000297. The van der Waals surface area contributed by atoms with Crippen LogP contribution in [0.2, 0.25) is 0 Å². The molecule has 0 aliphatic rings. The number of hydrogen-bond acceptors (Lipinski definition) is 18. The van der Waals surface area contributed by atoms with Gasteiger partial charge in [-0.2, -0.15) is 0 Å². The van der Waals surface area contributed by atoms with Crippen LogP contribution < -0.4 is 32.3 Å². The quantitative estimate of drug-likeness (QED) is 0.0411. The summed E-state index contributed by atoms with van der Waals surface area (Å²) < 4.78 is 9.40. The predicted molar refractivity (Wildman–Crippen MR) is 243 cm³/mol. The van der Waals surface area contributed by atoms with Crippen molar-refractivity contribution in [2.45, 2.75) is 65.5 Å². The largest absolute Gasteiger partial charge is 0.508 e. The average molecular weight is 909 g/mol. The number of carbonyl (C=O) groups excluding carboxylic acids is 5. The fraction of sp³-hybridized carbons (Fsp3) is 0.356. The molecule has 0 saturated carbocycles. The van der Waals surface area contributed by atoms with Crippen molar-refractivity contribution in [3.8, 4) is 11.5 Å². The first-order chi connectivity index (χ1) is 31.6. The second-order valence-corrected chi connectivity index (χ2v) is 14.7. The van der Waals surface area contributed by atoms with Crippen LogP contribution in [0.5, 0.6) is 11.5 Å². The van der Waals surface area contributed by atoms with Crippen LogP contribution in [-0.2, 0) is 31.9 Å². The molecule has 3 amide bonds. The molecule has 5 rings (SSSR count). The number of anilines is 2. The number of aromatic nitrogens is 6. The van der Waals surface area contributed by atoms with Crippen LogP contribution in [0.25, 0.3) is 0 Å². The zero-order chi connectivity index (χ0) is 48.2. The Hall–Kier alpha value is -7.81. The lowest BCUT2D eigenvalue weighted by Crippen LogP contribution is -2.49. The van der Waals surface area contributed by atoms with Crippen LogP contribution in [-0.4, -0.2) is 122 Å². The summed E-state index contributed by atoms with van der Waals surface area (Å²) in [6.45, 7) is 7.69. The summed E-state index contributed by atoms with van der Waals surface area (Å²) in [4.78, 5) is 86.8. The number of carbonyl (C=O) groups is 5. The Kier molecular flexibility index (Phi) is 19.6. The molecule has 0 bridgehead atoms. The van der Waals surface area contributed by atoms with Gasteiger partial charge < -0.3 is 52.0 Å². The summed E-state index contributed by atoms with van der Waals surface area (Å²) in [5, 5.41) is 33.0. The van der Waals surface area contributed by atoms with Crippen molar-refractivity contribution in [2.24, 2.45) is 5.73 Å². The van der Waals surface area contributed by atoms with Crippen molar-refractivity contribution in [1.82, 2.24) is 45.9 Å². The average Bonchev–Trinajstić information content (AvgIpc) is 3.29. The highest BCUT2D eigenvalue weighted by Gasteiger charge is 2.27. The highest BCUT2D eigenvalue weighted by molar-refractivity contribution is 5.99. The first-order valence-electron chi connectivity index (χ1n) is 20.9. The number of nitrogens with two attached hydrogens (primary N) is 1. The maximum Gasteiger partial charge on any atom is 0.330 e. The highest BCUT2D eigenvalue weighted by Crippen LogP contribution is 2.17. The zero-order valence-electron chi connectivity index (χ0n) is 37.7. The molecule has 2 aromatic carbocycles. The molecule has 0 fully saturated rings. The lowest BCUT2D eigenvalue weighted by atomic mass is 10.1. The Morgan fingerprint density at radius 3 is 1.52 bits per heavy atom. The molecule has 3 heterocycles. The van der Waals surface area contributed by atoms with Crippen molar-refractivity contribution in [3.05, 3.63) is 118 Å².